The van der Waals surface area contributed by atoms with Crippen LogP contribution in [0.5, 0.6) is 11.5 Å². The van der Waals surface area contributed by atoms with E-state index in [2.05, 4.69) is 10.5 Å². The molecule has 0 spiro atoms. The first-order chi connectivity index (χ1) is 10.7. The number of nitrogens with zero attached hydrogens (tertiary/aromatic N) is 1. The maximum absolute atomic E-state index is 12.2. The second-order valence-electron chi connectivity index (χ2n) is 4.73. The number of hydrogen-bond donors (Lipinski definition) is 1. The first-order valence-electron chi connectivity index (χ1n) is 6.78. The Morgan fingerprint density at radius 3 is 2.55 bits per heavy atom. The summed E-state index contributed by atoms with van der Waals surface area (Å²) in [7, 11) is 0. The molecule has 1 aromatic heterocycles. The van der Waals surface area contributed by atoms with Crippen LogP contribution in [0.15, 0.2) is 65.2 Å². The Kier molecular flexibility index (Phi) is 3.87. The minimum atomic E-state index is -0.283. The van der Waals surface area contributed by atoms with Gasteiger partial charge in [0.15, 0.2) is 0 Å². The lowest BCUT2D eigenvalue weighted by molar-refractivity contribution is 0.102. The van der Waals surface area contributed by atoms with Crippen molar-refractivity contribution in [3.8, 4) is 11.5 Å². The van der Waals surface area contributed by atoms with Gasteiger partial charge in [-0.15, -0.1) is 0 Å². The summed E-state index contributed by atoms with van der Waals surface area (Å²) in [6.07, 6.45) is 0. The molecular formula is C17H14N2O3. The van der Waals surface area contributed by atoms with Gasteiger partial charge in [-0.05, 0) is 37.3 Å². The Balaban J connectivity index is 1.74. The third kappa shape index (κ3) is 3.32. The zero-order valence-electron chi connectivity index (χ0n) is 11.9. The van der Waals surface area contributed by atoms with Crippen LogP contribution in [0.1, 0.15) is 16.1 Å². The fourth-order valence-electron chi connectivity index (χ4n) is 1.93. The van der Waals surface area contributed by atoms with E-state index < -0.39 is 0 Å². The van der Waals surface area contributed by atoms with Gasteiger partial charge in [0.05, 0.1) is 5.69 Å². The Morgan fingerprint density at radius 2 is 1.82 bits per heavy atom. The smallest absolute Gasteiger partial charge is 0.258 e. The van der Waals surface area contributed by atoms with Crippen molar-refractivity contribution in [2.24, 2.45) is 0 Å². The molecule has 2 aromatic carbocycles. The van der Waals surface area contributed by atoms with Gasteiger partial charge in [0.25, 0.3) is 5.91 Å². The number of rotatable bonds is 4. The molecule has 5 heteroatoms. The predicted molar refractivity (Wildman–Crippen MR) is 82.2 cm³/mol. The summed E-state index contributed by atoms with van der Waals surface area (Å²) in [5.41, 5.74) is 1.18. The van der Waals surface area contributed by atoms with Crippen LogP contribution in [0.2, 0.25) is 0 Å². The summed E-state index contributed by atoms with van der Waals surface area (Å²) in [5, 5.41) is 6.37. The van der Waals surface area contributed by atoms with Crippen molar-refractivity contribution >= 4 is 11.8 Å². The van der Waals surface area contributed by atoms with Crippen molar-refractivity contribution in [3.05, 3.63) is 71.9 Å². The molecule has 1 heterocycles. The Bertz CT molecular complexity index is 781. The summed E-state index contributed by atoms with van der Waals surface area (Å²) in [4.78, 5) is 12.2. The van der Waals surface area contributed by atoms with E-state index in [9.17, 15) is 4.79 Å². The number of benzene rings is 2. The largest absolute Gasteiger partial charge is 0.457 e. The van der Waals surface area contributed by atoms with E-state index in [0.717, 1.165) is 0 Å². The highest BCUT2D eigenvalue weighted by Crippen LogP contribution is 2.22. The number of aryl methyl sites for hydroxylation is 1. The van der Waals surface area contributed by atoms with Crippen molar-refractivity contribution in [3.63, 3.8) is 0 Å². The SMILES string of the molecule is Cc1cc(NC(=O)c2cccc(Oc3ccccc3)c2)on1. The highest BCUT2D eigenvalue weighted by molar-refractivity contribution is 6.03. The number of amides is 1. The summed E-state index contributed by atoms with van der Waals surface area (Å²) in [6, 6.07) is 18.0. The lowest BCUT2D eigenvalue weighted by Gasteiger charge is -2.07. The van der Waals surface area contributed by atoms with E-state index in [1.807, 2.05) is 30.3 Å². The number of carbonyl (C=O) groups excluding carboxylic acids is 1. The van der Waals surface area contributed by atoms with Gasteiger partial charge < -0.3 is 9.26 Å². The van der Waals surface area contributed by atoms with Crippen LogP contribution in [0.25, 0.3) is 0 Å². The van der Waals surface area contributed by atoms with Gasteiger partial charge in [-0.2, -0.15) is 0 Å². The average molecular weight is 294 g/mol. The van der Waals surface area contributed by atoms with Gasteiger partial charge in [0, 0.05) is 11.6 Å². The van der Waals surface area contributed by atoms with E-state index in [1.54, 1.807) is 37.3 Å². The van der Waals surface area contributed by atoms with E-state index in [0.29, 0.717) is 28.6 Å². The number of carbonyl (C=O) groups is 1. The summed E-state index contributed by atoms with van der Waals surface area (Å²) >= 11 is 0. The van der Waals surface area contributed by atoms with Gasteiger partial charge in [0.1, 0.15) is 11.5 Å². The molecule has 0 aliphatic rings. The molecule has 0 saturated heterocycles. The molecule has 5 nitrogen and oxygen atoms in total. The predicted octanol–water partition coefficient (Wildman–Crippen LogP) is 4.03. The third-order valence-electron chi connectivity index (χ3n) is 2.94. The van der Waals surface area contributed by atoms with Crippen molar-refractivity contribution in [1.82, 2.24) is 5.16 Å². The molecule has 110 valence electrons. The molecule has 0 bridgehead atoms. The quantitative estimate of drug-likeness (QED) is 0.789. The second kappa shape index (κ2) is 6.13. The highest BCUT2D eigenvalue weighted by Gasteiger charge is 2.10. The van der Waals surface area contributed by atoms with Crippen molar-refractivity contribution in [2.75, 3.05) is 5.32 Å². The van der Waals surface area contributed by atoms with Crippen LogP contribution in [0.3, 0.4) is 0 Å². The molecule has 0 atom stereocenters. The molecule has 0 fully saturated rings. The van der Waals surface area contributed by atoms with Crippen LogP contribution >= 0.6 is 0 Å². The summed E-state index contributed by atoms with van der Waals surface area (Å²) in [6.45, 7) is 1.79. The number of nitrogens with one attached hydrogen (secondary N) is 1. The topological polar surface area (TPSA) is 64.4 Å². The molecule has 0 radical (unpaired) electrons. The number of hydrogen-bond acceptors (Lipinski definition) is 4. The maximum atomic E-state index is 12.2. The molecule has 1 N–H and O–H groups in total. The zero-order valence-corrected chi connectivity index (χ0v) is 11.9. The Hall–Kier alpha value is -3.08. The molecule has 0 aliphatic carbocycles. The maximum Gasteiger partial charge on any atom is 0.258 e. The van der Waals surface area contributed by atoms with E-state index in [1.165, 1.54) is 0 Å². The van der Waals surface area contributed by atoms with Gasteiger partial charge in [-0.3, -0.25) is 10.1 Å². The van der Waals surface area contributed by atoms with Crippen molar-refractivity contribution in [1.29, 1.82) is 0 Å². The molecule has 0 unspecified atom stereocenters. The normalized spacial score (nSPS) is 10.2. The standard InChI is InChI=1S/C17H14N2O3/c1-12-10-16(22-19-12)18-17(20)13-6-5-9-15(11-13)21-14-7-3-2-4-8-14/h2-11H,1H3,(H,18,20). The van der Waals surface area contributed by atoms with Crippen LogP contribution in [-0.4, -0.2) is 11.1 Å². The molecule has 0 saturated carbocycles. The second-order valence-corrected chi connectivity index (χ2v) is 4.73. The highest BCUT2D eigenvalue weighted by atomic mass is 16.5. The van der Waals surface area contributed by atoms with E-state index >= 15 is 0 Å². The van der Waals surface area contributed by atoms with Gasteiger partial charge >= 0.3 is 0 Å². The monoisotopic (exact) mass is 294 g/mol. The molecule has 22 heavy (non-hydrogen) atoms. The Labute approximate surface area is 127 Å². The summed E-state index contributed by atoms with van der Waals surface area (Å²) in [5.74, 6) is 1.34. The van der Waals surface area contributed by atoms with Crippen molar-refractivity contribution < 1.29 is 14.1 Å². The third-order valence-corrected chi connectivity index (χ3v) is 2.94. The average Bonchev–Trinajstić information content (AvgIpc) is 2.93. The first-order valence-corrected chi connectivity index (χ1v) is 6.78. The van der Waals surface area contributed by atoms with Crippen LogP contribution in [0, 0.1) is 6.92 Å². The number of anilines is 1. The molecule has 0 aliphatic heterocycles. The van der Waals surface area contributed by atoms with Crippen LogP contribution < -0.4 is 10.1 Å². The van der Waals surface area contributed by atoms with Gasteiger partial charge in [-0.1, -0.05) is 29.4 Å². The number of para-hydroxylation sites is 1. The lowest BCUT2D eigenvalue weighted by atomic mass is 10.2. The first kappa shape index (κ1) is 13.9. The summed E-state index contributed by atoms with van der Waals surface area (Å²) < 4.78 is 10.7. The minimum Gasteiger partial charge on any atom is -0.457 e. The Morgan fingerprint density at radius 1 is 1.05 bits per heavy atom. The molecule has 1 amide bonds. The lowest BCUT2D eigenvalue weighted by Crippen LogP contribution is -2.11. The van der Waals surface area contributed by atoms with Crippen molar-refractivity contribution in [2.45, 2.75) is 6.92 Å². The number of aromatic nitrogens is 1. The zero-order chi connectivity index (χ0) is 15.4. The van der Waals surface area contributed by atoms with E-state index in [-0.39, 0.29) is 5.91 Å². The molecule has 3 aromatic rings. The minimum absolute atomic E-state index is 0.283. The molecule has 3 rings (SSSR count). The van der Waals surface area contributed by atoms with Gasteiger partial charge in [0.2, 0.25) is 5.88 Å². The fourth-order valence-corrected chi connectivity index (χ4v) is 1.93. The number of ether oxygens (including phenoxy) is 1. The van der Waals surface area contributed by atoms with E-state index in [4.69, 9.17) is 9.26 Å². The van der Waals surface area contributed by atoms with Crippen LogP contribution in [0.4, 0.5) is 5.88 Å². The van der Waals surface area contributed by atoms with Gasteiger partial charge in [-0.25, -0.2) is 0 Å². The van der Waals surface area contributed by atoms with Crippen LogP contribution in [-0.2, 0) is 0 Å². The fraction of sp³-hybridized carbons (Fsp3) is 0.0588. The molecular weight excluding hydrogens is 280 g/mol.